The summed E-state index contributed by atoms with van der Waals surface area (Å²) in [5.74, 6) is 0.417. The third-order valence-corrected chi connectivity index (χ3v) is 5.57. The summed E-state index contributed by atoms with van der Waals surface area (Å²) in [6.45, 7) is 3.79. The molecule has 2 amide bonds. The molecular formula is C20H28ClN3O2. The molecule has 1 aromatic rings. The quantitative estimate of drug-likeness (QED) is 0.874. The highest BCUT2D eigenvalue weighted by Crippen LogP contribution is 2.22. The van der Waals surface area contributed by atoms with Crippen molar-refractivity contribution in [1.29, 1.82) is 0 Å². The van der Waals surface area contributed by atoms with Gasteiger partial charge in [0.2, 0.25) is 11.8 Å². The molecule has 0 atom stereocenters. The number of halogens is 1. The Morgan fingerprint density at radius 2 is 1.73 bits per heavy atom. The molecule has 0 bridgehead atoms. The summed E-state index contributed by atoms with van der Waals surface area (Å²) >= 11 is 5.94. The summed E-state index contributed by atoms with van der Waals surface area (Å²) in [5.41, 5.74) is 0.716. The minimum atomic E-state index is -0.0374. The van der Waals surface area contributed by atoms with Crippen LogP contribution in [0.2, 0.25) is 5.02 Å². The van der Waals surface area contributed by atoms with Gasteiger partial charge in [-0.1, -0.05) is 30.5 Å². The summed E-state index contributed by atoms with van der Waals surface area (Å²) in [4.78, 5) is 29.1. The lowest BCUT2D eigenvalue weighted by atomic mass is 9.95. The zero-order valence-electron chi connectivity index (χ0n) is 15.3. The van der Waals surface area contributed by atoms with Gasteiger partial charge in [-0.2, -0.15) is 0 Å². The van der Waals surface area contributed by atoms with Crippen LogP contribution < -0.4 is 5.32 Å². The zero-order valence-corrected chi connectivity index (χ0v) is 16.0. The lowest BCUT2D eigenvalue weighted by molar-refractivity contribution is -0.137. The second kappa shape index (κ2) is 9.38. The first kappa shape index (κ1) is 19.2. The van der Waals surface area contributed by atoms with Crippen LogP contribution in [-0.4, -0.2) is 54.3 Å². The lowest BCUT2D eigenvalue weighted by Crippen LogP contribution is -2.44. The number of hydrogen-bond donors (Lipinski definition) is 1. The van der Waals surface area contributed by atoms with Crippen molar-refractivity contribution in [2.24, 2.45) is 5.92 Å². The van der Waals surface area contributed by atoms with Gasteiger partial charge in [0.25, 0.3) is 0 Å². The molecule has 2 fully saturated rings. The normalized spacial score (nSPS) is 19.8. The standard InChI is InChI=1S/C20H28ClN3O2/c21-17-6-5-7-18(14-17)22-19(25)15-23-12-8-16(9-13-23)20(26)24-10-3-1-2-4-11-24/h5-7,14,16H,1-4,8-13,15H2,(H,22,25). The van der Waals surface area contributed by atoms with Crippen LogP contribution in [0.1, 0.15) is 38.5 Å². The number of nitrogens with zero attached hydrogens (tertiary/aromatic N) is 2. The lowest BCUT2D eigenvalue weighted by Gasteiger charge is -2.33. The molecule has 2 saturated heterocycles. The van der Waals surface area contributed by atoms with Gasteiger partial charge >= 0.3 is 0 Å². The Bertz CT molecular complexity index is 621. The zero-order chi connectivity index (χ0) is 18.4. The maximum Gasteiger partial charge on any atom is 0.238 e. The first-order chi connectivity index (χ1) is 12.6. The molecule has 0 unspecified atom stereocenters. The molecule has 2 heterocycles. The Labute approximate surface area is 160 Å². The van der Waals surface area contributed by atoms with Crippen molar-refractivity contribution in [2.75, 3.05) is 38.0 Å². The number of piperidine rings is 1. The van der Waals surface area contributed by atoms with E-state index in [1.54, 1.807) is 12.1 Å². The molecule has 26 heavy (non-hydrogen) atoms. The van der Waals surface area contributed by atoms with Gasteiger partial charge in [0.15, 0.2) is 0 Å². The largest absolute Gasteiger partial charge is 0.342 e. The fourth-order valence-electron chi connectivity index (χ4n) is 3.86. The Morgan fingerprint density at radius 1 is 1.04 bits per heavy atom. The fraction of sp³-hybridized carbons (Fsp3) is 0.600. The summed E-state index contributed by atoms with van der Waals surface area (Å²) in [6.07, 6.45) is 6.44. The van der Waals surface area contributed by atoms with Crippen molar-refractivity contribution >= 4 is 29.1 Å². The van der Waals surface area contributed by atoms with E-state index in [-0.39, 0.29) is 11.8 Å². The molecule has 0 radical (unpaired) electrons. The van der Waals surface area contributed by atoms with Crippen molar-refractivity contribution < 1.29 is 9.59 Å². The first-order valence-electron chi connectivity index (χ1n) is 9.68. The number of nitrogens with one attached hydrogen (secondary N) is 1. The monoisotopic (exact) mass is 377 g/mol. The number of amides is 2. The molecular weight excluding hydrogens is 350 g/mol. The van der Waals surface area contributed by atoms with E-state index in [2.05, 4.69) is 15.1 Å². The van der Waals surface area contributed by atoms with E-state index in [1.807, 2.05) is 12.1 Å². The van der Waals surface area contributed by atoms with Crippen molar-refractivity contribution in [3.63, 3.8) is 0 Å². The van der Waals surface area contributed by atoms with E-state index in [1.165, 1.54) is 12.8 Å². The van der Waals surface area contributed by atoms with Crippen LogP contribution in [0.3, 0.4) is 0 Å². The van der Waals surface area contributed by atoms with Gasteiger partial charge in [-0.15, -0.1) is 0 Å². The number of anilines is 1. The number of carbonyl (C=O) groups is 2. The van der Waals surface area contributed by atoms with Crippen LogP contribution in [0.15, 0.2) is 24.3 Å². The Morgan fingerprint density at radius 3 is 2.38 bits per heavy atom. The van der Waals surface area contributed by atoms with E-state index in [9.17, 15) is 9.59 Å². The molecule has 0 saturated carbocycles. The Kier molecular flexibility index (Phi) is 6.92. The minimum absolute atomic E-state index is 0.0374. The van der Waals surface area contributed by atoms with Gasteiger partial charge in [-0.3, -0.25) is 14.5 Å². The molecule has 6 heteroatoms. The van der Waals surface area contributed by atoms with Crippen LogP contribution in [0.4, 0.5) is 5.69 Å². The third kappa shape index (κ3) is 5.45. The predicted molar refractivity (Wildman–Crippen MR) is 104 cm³/mol. The van der Waals surface area contributed by atoms with Crippen molar-refractivity contribution in [1.82, 2.24) is 9.80 Å². The minimum Gasteiger partial charge on any atom is -0.342 e. The van der Waals surface area contributed by atoms with Gasteiger partial charge in [0.1, 0.15) is 0 Å². The van der Waals surface area contributed by atoms with Gasteiger partial charge in [0.05, 0.1) is 6.54 Å². The average molecular weight is 378 g/mol. The van der Waals surface area contributed by atoms with Crippen molar-refractivity contribution in [3.8, 4) is 0 Å². The molecule has 3 rings (SSSR count). The third-order valence-electron chi connectivity index (χ3n) is 5.33. The molecule has 5 nitrogen and oxygen atoms in total. The van der Waals surface area contributed by atoms with Crippen LogP contribution >= 0.6 is 11.6 Å². The molecule has 0 aliphatic carbocycles. The molecule has 142 valence electrons. The summed E-state index contributed by atoms with van der Waals surface area (Å²) in [5, 5.41) is 3.49. The first-order valence-corrected chi connectivity index (χ1v) is 10.1. The average Bonchev–Trinajstić information content (AvgIpc) is 2.91. The molecule has 0 spiro atoms. The van der Waals surface area contributed by atoms with E-state index in [0.717, 1.165) is 51.9 Å². The van der Waals surface area contributed by atoms with E-state index >= 15 is 0 Å². The number of benzene rings is 1. The van der Waals surface area contributed by atoms with Gasteiger partial charge in [-0.05, 0) is 57.0 Å². The highest BCUT2D eigenvalue weighted by molar-refractivity contribution is 6.30. The Hall–Kier alpha value is -1.59. The maximum absolute atomic E-state index is 12.7. The molecule has 0 aromatic heterocycles. The van der Waals surface area contributed by atoms with Gasteiger partial charge in [0, 0.05) is 29.7 Å². The maximum atomic E-state index is 12.7. The van der Waals surface area contributed by atoms with Crippen molar-refractivity contribution in [2.45, 2.75) is 38.5 Å². The molecule has 1 N–H and O–H groups in total. The summed E-state index contributed by atoms with van der Waals surface area (Å²) in [6, 6.07) is 7.17. The van der Waals surface area contributed by atoms with E-state index in [0.29, 0.717) is 23.2 Å². The van der Waals surface area contributed by atoms with Gasteiger partial charge < -0.3 is 10.2 Å². The number of hydrogen-bond acceptors (Lipinski definition) is 3. The topological polar surface area (TPSA) is 52.7 Å². The smallest absolute Gasteiger partial charge is 0.238 e. The highest BCUT2D eigenvalue weighted by atomic mass is 35.5. The summed E-state index contributed by atoms with van der Waals surface area (Å²) in [7, 11) is 0. The van der Waals surface area contributed by atoms with Gasteiger partial charge in [-0.25, -0.2) is 0 Å². The van der Waals surface area contributed by atoms with E-state index in [4.69, 9.17) is 11.6 Å². The summed E-state index contributed by atoms with van der Waals surface area (Å²) < 4.78 is 0. The molecule has 2 aliphatic heterocycles. The predicted octanol–water partition coefficient (Wildman–Crippen LogP) is 3.39. The number of rotatable bonds is 4. The Balaban J connectivity index is 1.43. The number of likely N-dealkylation sites (tertiary alicyclic amines) is 2. The van der Waals surface area contributed by atoms with Crippen LogP contribution in [0, 0.1) is 5.92 Å². The van der Waals surface area contributed by atoms with Crippen LogP contribution in [0.5, 0.6) is 0 Å². The van der Waals surface area contributed by atoms with Crippen LogP contribution in [-0.2, 0) is 9.59 Å². The SMILES string of the molecule is O=C(CN1CCC(C(=O)N2CCCCCC2)CC1)Nc1cccc(Cl)c1. The van der Waals surface area contributed by atoms with E-state index < -0.39 is 0 Å². The van der Waals surface area contributed by atoms with Crippen LogP contribution in [0.25, 0.3) is 0 Å². The van der Waals surface area contributed by atoms with Crippen molar-refractivity contribution in [3.05, 3.63) is 29.3 Å². The highest BCUT2D eigenvalue weighted by Gasteiger charge is 2.29. The second-order valence-corrected chi connectivity index (χ2v) is 7.78. The second-order valence-electron chi connectivity index (χ2n) is 7.35. The number of carbonyl (C=O) groups excluding carboxylic acids is 2. The molecule has 1 aromatic carbocycles. The fourth-order valence-corrected chi connectivity index (χ4v) is 4.05. The molecule has 2 aliphatic rings.